The first-order valence-electron chi connectivity index (χ1n) is 7.26. The molecule has 20 heavy (non-hydrogen) atoms. The third kappa shape index (κ3) is 6.01. The van der Waals surface area contributed by atoms with Crippen LogP contribution in [0.4, 0.5) is 4.39 Å². The van der Waals surface area contributed by atoms with Gasteiger partial charge in [0.25, 0.3) is 0 Å². The van der Waals surface area contributed by atoms with E-state index in [0.717, 1.165) is 24.8 Å². The molecule has 0 bridgehead atoms. The Bertz CT molecular complexity index is 477. The highest BCUT2D eigenvalue weighted by Gasteiger charge is 2.09. The number of hydrogen-bond donors (Lipinski definition) is 0. The molecule has 108 valence electrons. The zero-order chi connectivity index (χ0) is 15.0. The van der Waals surface area contributed by atoms with Gasteiger partial charge in [0, 0.05) is 0 Å². The van der Waals surface area contributed by atoms with Crippen molar-refractivity contribution in [3.8, 4) is 0 Å². The minimum Gasteiger partial charge on any atom is -0.207 e. The summed E-state index contributed by atoms with van der Waals surface area (Å²) in [5.41, 5.74) is 3.68. The first kappa shape index (κ1) is 16.4. The van der Waals surface area contributed by atoms with Crippen LogP contribution in [0.2, 0.25) is 0 Å². The number of hydrogen-bond acceptors (Lipinski definition) is 0. The fraction of sp³-hybridized carbons (Fsp3) is 0.368. The summed E-state index contributed by atoms with van der Waals surface area (Å²) in [6.45, 7) is 10.2. The van der Waals surface area contributed by atoms with Gasteiger partial charge in [0.05, 0.1) is 0 Å². The van der Waals surface area contributed by atoms with Gasteiger partial charge in [-0.3, -0.25) is 0 Å². The molecule has 1 atom stereocenters. The van der Waals surface area contributed by atoms with Crippen LogP contribution in [-0.4, -0.2) is 0 Å². The lowest BCUT2D eigenvalue weighted by Crippen LogP contribution is -1.98. The molecule has 0 heterocycles. The van der Waals surface area contributed by atoms with Crippen molar-refractivity contribution in [3.05, 3.63) is 71.6 Å². The minimum atomic E-state index is -0.166. The van der Waals surface area contributed by atoms with Gasteiger partial charge >= 0.3 is 0 Å². The molecule has 0 saturated carbocycles. The molecule has 0 N–H and O–H groups in total. The highest BCUT2D eigenvalue weighted by molar-refractivity contribution is 5.22. The molecule has 0 nitrogen and oxygen atoms in total. The van der Waals surface area contributed by atoms with E-state index in [2.05, 4.69) is 32.6 Å². The third-order valence-electron chi connectivity index (χ3n) is 3.41. The Morgan fingerprint density at radius 1 is 1.25 bits per heavy atom. The van der Waals surface area contributed by atoms with Gasteiger partial charge < -0.3 is 0 Å². The average Bonchev–Trinajstić information content (AvgIpc) is 2.42. The van der Waals surface area contributed by atoms with E-state index in [-0.39, 0.29) is 5.82 Å². The molecule has 0 spiro atoms. The second kappa shape index (κ2) is 8.52. The van der Waals surface area contributed by atoms with Crippen LogP contribution in [0.25, 0.3) is 0 Å². The summed E-state index contributed by atoms with van der Waals surface area (Å²) in [6, 6.07) is 6.90. The maximum Gasteiger partial charge on any atom is 0.123 e. The molecule has 0 aliphatic rings. The standard InChI is InChI=1S/C19H25F/c1-5-17(18-10-12-19(20)13-11-18)14-16(4)9-7-6-8-15(2)3/h6,8-13,17H,2,5,7,14H2,1,3-4H3/b8-6-,16-9+. The van der Waals surface area contributed by atoms with Gasteiger partial charge in [-0.2, -0.15) is 0 Å². The summed E-state index contributed by atoms with van der Waals surface area (Å²) in [7, 11) is 0. The summed E-state index contributed by atoms with van der Waals surface area (Å²) >= 11 is 0. The largest absolute Gasteiger partial charge is 0.207 e. The van der Waals surface area contributed by atoms with Gasteiger partial charge in [0.1, 0.15) is 5.82 Å². The van der Waals surface area contributed by atoms with Crippen LogP contribution in [0.15, 0.2) is 60.2 Å². The van der Waals surface area contributed by atoms with Gasteiger partial charge in [0.2, 0.25) is 0 Å². The van der Waals surface area contributed by atoms with Gasteiger partial charge in [-0.1, -0.05) is 55.0 Å². The molecule has 0 fully saturated rings. The first-order chi connectivity index (χ1) is 9.52. The van der Waals surface area contributed by atoms with E-state index in [4.69, 9.17) is 0 Å². The predicted octanol–water partition coefficient (Wildman–Crippen LogP) is 6.18. The summed E-state index contributed by atoms with van der Waals surface area (Å²) in [6.07, 6.45) is 9.47. The minimum absolute atomic E-state index is 0.166. The van der Waals surface area contributed by atoms with Crippen LogP contribution in [0.1, 0.15) is 51.5 Å². The zero-order valence-corrected chi connectivity index (χ0v) is 12.8. The molecule has 1 aromatic carbocycles. The van der Waals surface area contributed by atoms with Crippen molar-refractivity contribution in [2.24, 2.45) is 0 Å². The second-order valence-electron chi connectivity index (χ2n) is 5.40. The molecule has 0 aromatic heterocycles. The number of rotatable bonds is 7. The van der Waals surface area contributed by atoms with Crippen molar-refractivity contribution >= 4 is 0 Å². The smallest absolute Gasteiger partial charge is 0.123 e. The van der Waals surface area contributed by atoms with Gasteiger partial charge in [-0.05, 0) is 56.7 Å². The topological polar surface area (TPSA) is 0 Å². The summed E-state index contributed by atoms with van der Waals surface area (Å²) in [5, 5.41) is 0. The summed E-state index contributed by atoms with van der Waals surface area (Å²) in [4.78, 5) is 0. The van der Waals surface area contributed by atoms with E-state index in [1.54, 1.807) is 12.1 Å². The molecular formula is C19H25F. The number of halogens is 1. The van der Waals surface area contributed by atoms with Crippen LogP contribution in [0.3, 0.4) is 0 Å². The Morgan fingerprint density at radius 3 is 2.45 bits per heavy atom. The molecule has 0 radical (unpaired) electrons. The first-order valence-corrected chi connectivity index (χ1v) is 7.26. The Kier molecular flexibility index (Phi) is 7.00. The highest BCUT2D eigenvalue weighted by Crippen LogP contribution is 2.27. The Hall–Kier alpha value is -1.63. The lowest BCUT2D eigenvalue weighted by Gasteiger charge is -2.15. The van der Waals surface area contributed by atoms with Gasteiger partial charge in [-0.25, -0.2) is 4.39 Å². The van der Waals surface area contributed by atoms with Crippen LogP contribution in [-0.2, 0) is 0 Å². The molecule has 1 aromatic rings. The van der Waals surface area contributed by atoms with E-state index >= 15 is 0 Å². The Balaban J connectivity index is 2.61. The van der Waals surface area contributed by atoms with Crippen molar-refractivity contribution in [2.45, 2.75) is 46.0 Å². The second-order valence-corrected chi connectivity index (χ2v) is 5.40. The maximum atomic E-state index is 13.0. The van der Waals surface area contributed by atoms with E-state index in [1.165, 1.54) is 11.1 Å². The van der Waals surface area contributed by atoms with Crippen LogP contribution in [0, 0.1) is 5.82 Å². The SMILES string of the molecule is C=C(C)/C=C\C/C=C(\C)CC(CC)c1ccc(F)cc1. The average molecular weight is 272 g/mol. The molecule has 1 heteroatoms. The van der Waals surface area contributed by atoms with Crippen LogP contribution >= 0.6 is 0 Å². The highest BCUT2D eigenvalue weighted by atomic mass is 19.1. The summed E-state index contributed by atoms with van der Waals surface area (Å²) in [5.74, 6) is 0.303. The molecule has 0 amide bonds. The number of benzene rings is 1. The molecule has 0 saturated heterocycles. The zero-order valence-electron chi connectivity index (χ0n) is 12.8. The lowest BCUT2D eigenvalue weighted by atomic mass is 9.90. The van der Waals surface area contributed by atoms with E-state index in [1.807, 2.05) is 25.1 Å². The monoisotopic (exact) mass is 272 g/mol. The number of allylic oxidation sites excluding steroid dienone is 5. The normalized spacial score (nSPS) is 13.7. The fourth-order valence-electron chi connectivity index (χ4n) is 2.24. The quantitative estimate of drug-likeness (QED) is 0.411. The molecule has 1 unspecified atom stereocenters. The van der Waals surface area contributed by atoms with Crippen molar-refractivity contribution in [3.63, 3.8) is 0 Å². The Labute approximate surface area is 122 Å². The molecular weight excluding hydrogens is 247 g/mol. The van der Waals surface area contributed by atoms with Gasteiger partial charge in [0.15, 0.2) is 0 Å². The molecule has 1 rings (SSSR count). The van der Waals surface area contributed by atoms with Crippen molar-refractivity contribution in [1.29, 1.82) is 0 Å². The molecule has 0 aliphatic carbocycles. The lowest BCUT2D eigenvalue weighted by molar-refractivity contribution is 0.619. The van der Waals surface area contributed by atoms with Crippen molar-refractivity contribution in [2.75, 3.05) is 0 Å². The van der Waals surface area contributed by atoms with Crippen LogP contribution < -0.4 is 0 Å². The van der Waals surface area contributed by atoms with Crippen molar-refractivity contribution < 1.29 is 4.39 Å². The van der Waals surface area contributed by atoms with Crippen LogP contribution in [0.5, 0.6) is 0 Å². The molecule has 0 aliphatic heterocycles. The maximum absolute atomic E-state index is 13.0. The van der Waals surface area contributed by atoms with E-state index in [0.29, 0.717) is 5.92 Å². The fourth-order valence-corrected chi connectivity index (χ4v) is 2.24. The summed E-state index contributed by atoms with van der Waals surface area (Å²) < 4.78 is 13.0. The van der Waals surface area contributed by atoms with Gasteiger partial charge in [-0.15, -0.1) is 0 Å². The Morgan fingerprint density at radius 2 is 1.90 bits per heavy atom. The van der Waals surface area contributed by atoms with E-state index in [9.17, 15) is 4.39 Å². The van der Waals surface area contributed by atoms with E-state index < -0.39 is 0 Å². The predicted molar refractivity (Wildman–Crippen MR) is 86.4 cm³/mol. The third-order valence-corrected chi connectivity index (χ3v) is 3.41. The van der Waals surface area contributed by atoms with Crippen molar-refractivity contribution in [1.82, 2.24) is 0 Å².